The van der Waals surface area contributed by atoms with Crippen LogP contribution in [-0.2, 0) is 6.54 Å². The molecule has 0 aliphatic carbocycles. The molecule has 5 heteroatoms. The SMILES string of the molecule is CCNC(CC(C)(C)C)c1c(OC)cnn1CCN(C)C. The molecule has 1 atom stereocenters. The van der Waals surface area contributed by atoms with Crippen LogP contribution >= 0.6 is 0 Å². The summed E-state index contributed by atoms with van der Waals surface area (Å²) in [7, 11) is 5.88. The van der Waals surface area contributed by atoms with E-state index in [0.717, 1.165) is 37.5 Å². The molecule has 1 unspecified atom stereocenters. The van der Waals surface area contributed by atoms with Gasteiger partial charge in [0.1, 0.15) is 0 Å². The Morgan fingerprint density at radius 3 is 2.52 bits per heavy atom. The molecule has 0 amide bonds. The molecule has 0 bridgehead atoms. The Morgan fingerprint density at radius 1 is 1.38 bits per heavy atom. The van der Waals surface area contributed by atoms with Crippen LogP contribution in [0, 0.1) is 5.41 Å². The van der Waals surface area contributed by atoms with Gasteiger partial charge in [-0.15, -0.1) is 0 Å². The molecule has 0 saturated carbocycles. The summed E-state index contributed by atoms with van der Waals surface area (Å²) in [6.45, 7) is 11.7. The van der Waals surface area contributed by atoms with E-state index < -0.39 is 0 Å². The maximum atomic E-state index is 5.54. The van der Waals surface area contributed by atoms with Gasteiger partial charge in [0, 0.05) is 6.54 Å². The number of hydrogen-bond acceptors (Lipinski definition) is 4. The molecule has 0 aromatic carbocycles. The second-order valence-corrected chi connectivity index (χ2v) is 7.00. The minimum absolute atomic E-state index is 0.245. The molecular weight excluding hydrogens is 264 g/mol. The first-order valence-electron chi connectivity index (χ1n) is 7.76. The summed E-state index contributed by atoms with van der Waals surface area (Å²) < 4.78 is 7.62. The largest absolute Gasteiger partial charge is 0.493 e. The van der Waals surface area contributed by atoms with E-state index in [1.54, 1.807) is 7.11 Å². The Morgan fingerprint density at radius 2 is 2.05 bits per heavy atom. The van der Waals surface area contributed by atoms with Crippen molar-refractivity contribution in [2.24, 2.45) is 5.41 Å². The van der Waals surface area contributed by atoms with E-state index in [0.29, 0.717) is 0 Å². The highest BCUT2D eigenvalue weighted by Gasteiger charge is 2.26. The number of ether oxygens (including phenoxy) is 1. The van der Waals surface area contributed by atoms with Crippen molar-refractivity contribution in [2.45, 2.75) is 46.7 Å². The third kappa shape index (κ3) is 5.67. The van der Waals surface area contributed by atoms with Crippen LogP contribution in [0.25, 0.3) is 0 Å². The van der Waals surface area contributed by atoms with Gasteiger partial charge in [-0.1, -0.05) is 27.7 Å². The number of nitrogens with one attached hydrogen (secondary N) is 1. The van der Waals surface area contributed by atoms with Crippen LogP contribution in [0.5, 0.6) is 5.75 Å². The van der Waals surface area contributed by atoms with Crippen molar-refractivity contribution in [3.8, 4) is 5.75 Å². The van der Waals surface area contributed by atoms with Crippen molar-refractivity contribution in [1.29, 1.82) is 0 Å². The number of rotatable bonds is 8. The minimum atomic E-state index is 0.245. The maximum absolute atomic E-state index is 5.54. The number of likely N-dealkylation sites (N-methyl/N-ethyl adjacent to an activating group) is 1. The lowest BCUT2D eigenvalue weighted by atomic mass is 9.86. The zero-order valence-electron chi connectivity index (χ0n) is 14.7. The first kappa shape index (κ1) is 18.0. The van der Waals surface area contributed by atoms with Gasteiger partial charge in [-0.2, -0.15) is 5.10 Å². The second-order valence-electron chi connectivity index (χ2n) is 7.00. The summed E-state index contributed by atoms with van der Waals surface area (Å²) in [4.78, 5) is 2.17. The molecule has 0 aliphatic heterocycles. The summed E-state index contributed by atoms with van der Waals surface area (Å²) in [5.74, 6) is 0.879. The van der Waals surface area contributed by atoms with E-state index in [2.05, 4.69) is 61.8 Å². The summed E-state index contributed by atoms with van der Waals surface area (Å²) in [5, 5.41) is 8.11. The van der Waals surface area contributed by atoms with Crippen molar-refractivity contribution in [3.05, 3.63) is 11.9 Å². The molecule has 0 spiro atoms. The Balaban J connectivity index is 3.05. The highest BCUT2D eigenvalue weighted by Crippen LogP contribution is 2.34. The van der Waals surface area contributed by atoms with Crippen LogP contribution in [0.15, 0.2) is 6.20 Å². The fourth-order valence-corrected chi connectivity index (χ4v) is 2.48. The van der Waals surface area contributed by atoms with Crippen molar-refractivity contribution in [1.82, 2.24) is 20.0 Å². The molecule has 0 radical (unpaired) electrons. The lowest BCUT2D eigenvalue weighted by Crippen LogP contribution is -2.29. The van der Waals surface area contributed by atoms with Gasteiger partial charge in [-0.25, -0.2) is 0 Å². The van der Waals surface area contributed by atoms with Gasteiger partial charge in [0.25, 0.3) is 0 Å². The van der Waals surface area contributed by atoms with Crippen LogP contribution in [0.1, 0.15) is 45.9 Å². The predicted octanol–water partition coefficient (Wildman–Crippen LogP) is 2.54. The average molecular weight is 296 g/mol. The van der Waals surface area contributed by atoms with Crippen molar-refractivity contribution < 1.29 is 4.74 Å². The maximum Gasteiger partial charge on any atom is 0.161 e. The molecule has 1 rings (SSSR count). The molecule has 1 N–H and O–H groups in total. The Kier molecular flexibility index (Phi) is 6.68. The monoisotopic (exact) mass is 296 g/mol. The smallest absolute Gasteiger partial charge is 0.161 e. The predicted molar refractivity (Wildman–Crippen MR) is 87.8 cm³/mol. The molecule has 5 nitrogen and oxygen atoms in total. The molecule has 21 heavy (non-hydrogen) atoms. The van der Waals surface area contributed by atoms with Crippen molar-refractivity contribution in [2.75, 3.05) is 34.3 Å². The zero-order valence-corrected chi connectivity index (χ0v) is 14.7. The quantitative estimate of drug-likeness (QED) is 0.800. The van der Waals surface area contributed by atoms with Crippen LogP contribution in [0.4, 0.5) is 0 Å². The normalized spacial score (nSPS) is 13.7. The zero-order chi connectivity index (χ0) is 16.0. The number of aromatic nitrogens is 2. The fourth-order valence-electron chi connectivity index (χ4n) is 2.48. The van der Waals surface area contributed by atoms with E-state index in [-0.39, 0.29) is 11.5 Å². The Labute approximate surface area is 129 Å². The Hall–Kier alpha value is -1.07. The molecule has 0 fully saturated rings. The summed E-state index contributed by atoms with van der Waals surface area (Å²) in [6, 6.07) is 0.259. The average Bonchev–Trinajstić information content (AvgIpc) is 2.77. The van der Waals surface area contributed by atoms with Crippen LogP contribution in [0.2, 0.25) is 0 Å². The van der Waals surface area contributed by atoms with Gasteiger partial charge in [-0.05, 0) is 32.5 Å². The van der Waals surface area contributed by atoms with Gasteiger partial charge in [0.05, 0.1) is 31.6 Å². The first-order chi connectivity index (χ1) is 9.78. The Bertz CT molecular complexity index is 420. The lowest BCUT2D eigenvalue weighted by Gasteiger charge is -2.28. The lowest BCUT2D eigenvalue weighted by molar-refractivity contribution is 0.290. The molecular formula is C16H32N4O. The van der Waals surface area contributed by atoms with Crippen LogP contribution < -0.4 is 10.1 Å². The fraction of sp³-hybridized carbons (Fsp3) is 0.812. The first-order valence-corrected chi connectivity index (χ1v) is 7.76. The summed E-state index contributed by atoms with van der Waals surface area (Å²) >= 11 is 0. The third-order valence-electron chi connectivity index (χ3n) is 3.42. The second kappa shape index (κ2) is 7.80. The third-order valence-corrected chi connectivity index (χ3v) is 3.42. The standard InChI is InChI=1S/C16H32N4O/c1-8-17-13(11-16(2,3)4)15-14(21-7)12-18-20(15)10-9-19(5)6/h12-13,17H,8-11H2,1-7H3. The number of hydrogen-bond donors (Lipinski definition) is 1. The highest BCUT2D eigenvalue weighted by atomic mass is 16.5. The summed E-state index contributed by atoms with van der Waals surface area (Å²) in [5.41, 5.74) is 1.41. The van der Waals surface area contributed by atoms with Gasteiger partial charge < -0.3 is 15.0 Å². The van der Waals surface area contributed by atoms with E-state index in [1.165, 1.54) is 0 Å². The highest BCUT2D eigenvalue weighted by molar-refractivity contribution is 5.28. The van der Waals surface area contributed by atoms with Gasteiger partial charge in [-0.3, -0.25) is 4.68 Å². The number of methoxy groups -OCH3 is 1. The van der Waals surface area contributed by atoms with Gasteiger partial charge >= 0.3 is 0 Å². The van der Waals surface area contributed by atoms with Gasteiger partial charge in [0.2, 0.25) is 0 Å². The van der Waals surface area contributed by atoms with E-state index in [9.17, 15) is 0 Å². The van der Waals surface area contributed by atoms with Crippen molar-refractivity contribution in [3.63, 3.8) is 0 Å². The van der Waals surface area contributed by atoms with Crippen LogP contribution in [0.3, 0.4) is 0 Å². The van der Waals surface area contributed by atoms with Crippen LogP contribution in [-0.4, -0.2) is 49.0 Å². The molecule has 1 aromatic rings. The van der Waals surface area contributed by atoms with Crippen molar-refractivity contribution >= 4 is 0 Å². The van der Waals surface area contributed by atoms with E-state index >= 15 is 0 Å². The van der Waals surface area contributed by atoms with E-state index in [1.807, 2.05) is 6.20 Å². The molecule has 0 aliphatic rings. The minimum Gasteiger partial charge on any atom is -0.493 e. The molecule has 1 heterocycles. The van der Waals surface area contributed by atoms with E-state index in [4.69, 9.17) is 4.74 Å². The van der Waals surface area contributed by atoms with Gasteiger partial charge in [0.15, 0.2) is 5.75 Å². The topological polar surface area (TPSA) is 42.3 Å². The molecule has 122 valence electrons. The molecule has 1 aromatic heterocycles. The number of nitrogens with zero attached hydrogens (tertiary/aromatic N) is 3. The summed E-state index contributed by atoms with van der Waals surface area (Å²) in [6.07, 6.45) is 2.88. The molecule has 0 saturated heterocycles.